The van der Waals surface area contributed by atoms with Crippen molar-refractivity contribution in [3.8, 4) is 0 Å². The lowest BCUT2D eigenvalue weighted by atomic mass is 9.73. The number of imide groups is 1. The third-order valence-corrected chi connectivity index (χ3v) is 10.7. The zero-order valence-corrected chi connectivity index (χ0v) is 32.3. The fraction of sp³-hybridized carbons (Fsp3) is 0.486. The highest BCUT2D eigenvalue weighted by molar-refractivity contribution is 8.03. The molecule has 1 aromatic carbocycles. The number of rotatable bonds is 21. The number of carbonyl (C=O) groups is 8. The topological polar surface area (TPSA) is 262 Å². The molecule has 56 heavy (non-hydrogen) atoms. The van der Waals surface area contributed by atoms with E-state index in [4.69, 9.17) is 15.9 Å². The molecule has 3 heterocycles. The maximum atomic E-state index is 12.8. The Kier molecular flexibility index (Phi) is 15.1. The number of anilines is 1. The number of aliphatic hydroxyl groups is 1. The number of carbonyl (C=O) groups excluding carboxylic acids is 8. The first-order valence-electron chi connectivity index (χ1n) is 18.1. The number of aliphatic hydroxyl groups excluding tert-OH is 1. The number of nitrogens with zero attached hydrogens (tertiary/aromatic N) is 3. The molecule has 3 aliphatic heterocycles. The standard InChI is InChI=1S/C37H48N8O10S/c1-22(2)32(42-27(47)7-5-4-6-14-44-29(49)12-13-30(44)50)34(52)40-18-28(48)41-24-10-8-23(9-11-24)20-55-36(54)43(21-38)15-16-56-26-17-37(3)31(33(39)51)35(53)45(37)25(26)19-46/h8-13,19,21-22,31-33,38,51H,4-7,14-18,20,39H2,1-3H3,(H,40,52)(H,41,48)(H,42,47)/t31?,32?,33-,37+/m0/s1. The van der Waals surface area contributed by atoms with E-state index in [0.29, 0.717) is 53.9 Å². The van der Waals surface area contributed by atoms with E-state index < -0.39 is 47.5 Å². The quantitative estimate of drug-likeness (QED) is 0.0193. The molecule has 0 aliphatic carbocycles. The summed E-state index contributed by atoms with van der Waals surface area (Å²) in [5, 5.41) is 25.4. The number of aldehydes is 1. The Bertz CT molecular complexity index is 1760. The molecule has 0 spiro atoms. The number of unbranched alkanes of at least 4 members (excludes halogenated alkanes) is 2. The van der Waals surface area contributed by atoms with Gasteiger partial charge in [0, 0.05) is 54.4 Å². The molecular formula is C37H48N8O10S. The fourth-order valence-electron chi connectivity index (χ4n) is 6.65. The third kappa shape index (κ3) is 10.5. The molecule has 7 amide bonds. The number of nitrogens with two attached hydrogens (primary N) is 1. The van der Waals surface area contributed by atoms with Gasteiger partial charge in [-0.15, -0.1) is 11.8 Å². The van der Waals surface area contributed by atoms with Gasteiger partial charge in [0.2, 0.25) is 23.6 Å². The lowest BCUT2D eigenvalue weighted by molar-refractivity contribution is -0.171. The van der Waals surface area contributed by atoms with Crippen molar-refractivity contribution in [3.63, 3.8) is 0 Å². The first-order chi connectivity index (χ1) is 26.6. The van der Waals surface area contributed by atoms with Gasteiger partial charge in [-0.2, -0.15) is 0 Å². The number of fused-ring (bicyclic) bond motifs is 1. The minimum atomic E-state index is -1.35. The molecule has 7 N–H and O–H groups in total. The molecule has 0 aromatic heterocycles. The van der Waals surface area contributed by atoms with Crippen LogP contribution >= 0.6 is 11.8 Å². The summed E-state index contributed by atoms with van der Waals surface area (Å²) >= 11 is 1.26. The van der Waals surface area contributed by atoms with Crippen LogP contribution in [-0.2, 0) is 44.9 Å². The van der Waals surface area contributed by atoms with Crippen LogP contribution in [0, 0.1) is 17.2 Å². The Balaban J connectivity index is 1.13. The van der Waals surface area contributed by atoms with Crippen LogP contribution in [0.25, 0.3) is 0 Å². The number of allylic oxidation sites excluding steroid dienone is 1. The van der Waals surface area contributed by atoms with Crippen LogP contribution in [0.5, 0.6) is 0 Å². The summed E-state index contributed by atoms with van der Waals surface area (Å²) in [6.45, 7) is 5.17. The van der Waals surface area contributed by atoms with E-state index in [1.165, 1.54) is 28.8 Å². The molecule has 1 fully saturated rings. The second-order valence-electron chi connectivity index (χ2n) is 14.1. The number of ether oxygens (including phenoxy) is 1. The van der Waals surface area contributed by atoms with Crippen LogP contribution in [0.4, 0.5) is 10.5 Å². The molecule has 1 saturated heterocycles. The van der Waals surface area contributed by atoms with Gasteiger partial charge in [-0.05, 0) is 43.4 Å². The minimum Gasteiger partial charge on any atom is -0.444 e. The van der Waals surface area contributed by atoms with Crippen molar-refractivity contribution in [2.75, 3.05) is 30.7 Å². The minimum absolute atomic E-state index is 0.0785. The van der Waals surface area contributed by atoms with Crippen LogP contribution in [0.2, 0.25) is 0 Å². The molecule has 18 nitrogen and oxygen atoms in total. The average Bonchev–Trinajstić information content (AvgIpc) is 3.60. The van der Waals surface area contributed by atoms with Crippen molar-refractivity contribution in [2.45, 2.75) is 77.3 Å². The van der Waals surface area contributed by atoms with Crippen LogP contribution in [0.15, 0.2) is 47.0 Å². The average molecular weight is 797 g/mol. The van der Waals surface area contributed by atoms with Gasteiger partial charge in [0.25, 0.3) is 11.8 Å². The van der Waals surface area contributed by atoms with Crippen molar-refractivity contribution in [2.24, 2.45) is 17.6 Å². The second-order valence-corrected chi connectivity index (χ2v) is 15.2. The van der Waals surface area contributed by atoms with Gasteiger partial charge in [-0.25, -0.2) is 4.79 Å². The normalized spacial score (nSPS) is 19.7. The molecule has 19 heteroatoms. The summed E-state index contributed by atoms with van der Waals surface area (Å²) in [5.74, 6) is -3.26. The van der Waals surface area contributed by atoms with E-state index in [-0.39, 0.29) is 62.0 Å². The van der Waals surface area contributed by atoms with E-state index in [1.54, 1.807) is 45.0 Å². The number of hydrogen-bond acceptors (Lipinski definition) is 13. The molecule has 0 radical (unpaired) electrons. The summed E-state index contributed by atoms with van der Waals surface area (Å²) in [6.07, 6.45) is 3.89. The van der Waals surface area contributed by atoms with Crippen LogP contribution < -0.4 is 21.7 Å². The largest absolute Gasteiger partial charge is 0.444 e. The second kappa shape index (κ2) is 19.5. The summed E-state index contributed by atoms with van der Waals surface area (Å²) in [4.78, 5) is 102. The Morgan fingerprint density at radius 3 is 2.38 bits per heavy atom. The number of hydrogen-bond donors (Lipinski definition) is 6. The van der Waals surface area contributed by atoms with Gasteiger partial charge in [-0.3, -0.25) is 48.8 Å². The van der Waals surface area contributed by atoms with Gasteiger partial charge >= 0.3 is 6.09 Å². The van der Waals surface area contributed by atoms with E-state index in [1.807, 2.05) is 0 Å². The number of amides is 7. The summed E-state index contributed by atoms with van der Waals surface area (Å²) in [6, 6.07) is 5.57. The van der Waals surface area contributed by atoms with E-state index >= 15 is 0 Å². The van der Waals surface area contributed by atoms with E-state index in [2.05, 4.69) is 16.0 Å². The zero-order chi connectivity index (χ0) is 41.2. The van der Waals surface area contributed by atoms with Gasteiger partial charge in [-0.1, -0.05) is 32.4 Å². The molecule has 1 aromatic rings. The number of thioether (sulfide) groups is 1. The first kappa shape index (κ1) is 43.3. The molecular weight excluding hydrogens is 749 g/mol. The molecule has 2 unspecified atom stereocenters. The Hall–Kier alpha value is -5.40. The number of nitrogens with one attached hydrogen (secondary N) is 4. The third-order valence-electron chi connectivity index (χ3n) is 9.64. The number of β-lactam (4-membered cyclic amide) rings is 1. The van der Waals surface area contributed by atoms with Crippen LogP contribution in [-0.4, -0.2) is 117 Å². The lowest BCUT2D eigenvalue weighted by Crippen LogP contribution is -2.71. The smallest absolute Gasteiger partial charge is 0.415 e. The highest BCUT2D eigenvalue weighted by atomic mass is 32.2. The van der Waals surface area contributed by atoms with Gasteiger partial charge in [0.1, 0.15) is 24.8 Å². The van der Waals surface area contributed by atoms with E-state index in [9.17, 15) is 43.5 Å². The summed E-state index contributed by atoms with van der Waals surface area (Å²) in [5.41, 5.74) is 6.01. The SMILES string of the molecule is CC(C)C(NC(=O)CCCCCN1C(=O)C=CC1=O)C(=O)NCC(=O)Nc1ccc(COC(=O)N(C=N)CCSC2=C(C=O)N3C(=O)C([C@@H](N)O)[C@@]3(C)C2)cc1. The molecule has 3 aliphatic rings. The van der Waals surface area contributed by atoms with Crippen molar-refractivity contribution in [1.82, 2.24) is 25.3 Å². The summed E-state index contributed by atoms with van der Waals surface area (Å²) in [7, 11) is 0. The van der Waals surface area contributed by atoms with Crippen molar-refractivity contribution < 1.29 is 48.2 Å². The molecule has 302 valence electrons. The fourth-order valence-corrected chi connectivity index (χ4v) is 7.86. The predicted molar refractivity (Wildman–Crippen MR) is 204 cm³/mol. The molecule has 0 bridgehead atoms. The Morgan fingerprint density at radius 1 is 1.09 bits per heavy atom. The highest BCUT2D eigenvalue weighted by Crippen LogP contribution is 2.53. The predicted octanol–water partition coefficient (Wildman–Crippen LogP) is 0.955. The van der Waals surface area contributed by atoms with Crippen molar-refractivity contribution >= 4 is 71.6 Å². The van der Waals surface area contributed by atoms with Gasteiger partial charge in [0.05, 0.1) is 24.1 Å². The lowest BCUT2D eigenvalue weighted by Gasteiger charge is -2.53. The maximum Gasteiger partial charge on any atom is 0.415 e. The molecule has 4 rings (SSSR count). The van der Waals surface area contributed by atoms with Gasteiger partial charge in [0.15, 0.2) is 6.29 Å². The van der Waals surface area contributed by atoms with E-state index in [0.717, 1.165) is 16.1 Å². The Morgan fingerprint density at radius 2 is 1.77 bits per heavy atom. The van der Waals surface area contributed by atoms with Crippen LogP contribution in [0.3, 0.4) is 0 Å². The number of benzene rings is 1. The first-order valence-corrected chi connectivity index (χ1v) is 19.1. The van der Waals surface area contributed by atoms with Crippen molar-refractivity contribution in [3.05, 3.63) is 52.6 Å². The summed E-state index contributed by atoms with van der Waals surface area (Å²) < 4.78 is 5.35. The van der Waals surface area contributed by atoms with Crippen molar-refractivity contribution in [1.29, 1.82) is 5.41 Å². The zero-order valence-electron chi connectivity index (χ0n) is 31.4. The molecule has 0 saturated carbocycles. The van der Waals surface area contributed by atoms with Crippen LogP contribution in [0.1, 0.15) is 58.4 Å². The monoisotopic (exact) mass is 796 g/mol. The highest BCUT2D eigenvalue weighted by Gasteiger charge is 2.64. The molecule has 4 atom stereocenters. The van der Waals surface area contributed by atoms with Gasteiger partial charge < -0.3 is 36.4 Å². The maximum absolute atomic E-state index is 12.8. The Labute approximate surface area is 328 Å².